The van der Waals surface area contributed by atoms with Gasteiger partial charge in [-0.1, -0.05) is 0 Å². The smallest absolute Gasteiger partial charge is 0.227 e. The van der Waals surface area contributed by atoms with Crippen molar-refractivity contribution in [2.24, 2.45) is 15.7 Å². The van der Waals surface area contributed by atoms with Crippen LogP contribution in [0, 0.1) is 0 Å². The predicted molar refractivity (Wildman–Crippen MR) is 73.5 cm³/mol. The molecule has 19 heavy (non-hydrogen) atoms. The molecule has 0 amide bonds. The van der Waals surface area contributed by atoms with Gasteiger partial charge in [0, 0.05) is 6.61 Å². The molecular formula is C13H23N3O3. The molecular weight excluding hydrogens is 246 g/mol. The van der Waals surface area contributed by atoms with Crippen molar-refractivity contribution in [3.05, 3.63) is 0 Å². The molecule has 0 saturated carbocycles. The molecule has 0 spiro atoms. The third-order valence-electron chi connectivity index (χ3n) is 2.97. The van der Waals surface area contributed by atoms with Crippen molar-refractivity contribution in [2.45, 2.75) is 51.2 Å². The van der Waals surface area contributed by atoms with Gasteiger partial charge in [-0.25, -0.2) is 4.99 Å². The van der Waals surface area contributed by atoms with E-state index in [0.29, 0.717) is 19.0 Å². The minimum absolute atomic E-state index is 0.122. The van der Waals surface area contributed by atoms with Gasteiger partial charge in [-0.3, -0.25) is 4.99 Å². The fraction of sp³-hybridized carbons (Fsp3) is 0.846. The normalized spacial score (nSPS) is 28.1. The topological polar surface area (TPSA) is 78.4 Å². The zero-order valence-electron chi connectivity index (χ0n) is 11.7. The Bertz CT molecular complexity index is 349. The largest absolute Gasteiger partial charge is 0.474 e. The van der Waals surface area contributed by atoms with Crippen LogP contribution in [0.15, 0.2) is 9.98 Å². The molecule has 2 atom stereocenters. The van der Waals surface area contributed by atoms with Crippen molar-refractivity contribution in [3.8, 4) is 0 Å². The van der Waals surface area contributed by atoms with Crippen LogP contribution in [0.3, 0.4) is 0 Å². The number of hydrogen-bond acceptors (Lipinski definition) is 6. The molecule has 0 aromatic heterocycles. The van der Waals surface area contributed by atoms with E-state index >= 15 is 0 Å². The first-order valence-electron chi connectivity index (χ1n) is 6.81. The van der Waals surface area contributed by atoms with Crippen molar-refractivity contribution in [3.63, 3.8) is 0 Å². The molecule has 0 aromatic carbocycles. The van der Waals surface area contributed by atoms with Crippen molar-refractivity contribution in [1.82, 2.24) is 0 Å². The molecule has 1 fully saturated rings. The monoisotopic (exact) mass is 269 g/mol. The Morgan fingerprint density at radius 2 is 2.32 bits per heavy atom. The lowest BCUT2D eigenvalue weighted by molar-refractivity contribution is -0.222. The van der Waals surface area contributed by atoms with E-state index in [2.05, 4.69) is 9.98 Å². The SMILES string of the molecule is CC(C)(COC1=NCC(N)N=C1)OC1CCCCO1. The van der Waals surface area contributed by atoms with E-state index in [0.717, 1.165) is 25.9 Å². The molecule has 108 valence electrons. The second-order valence-electron chi connectivity index (χ2n) is 5.49. The summed E-state index contributed by atoms with van der Waals surface area (Å²) in [6.07, 6.45) is 4.42. The van der Waals surface area contributed by atoms with Crippen LogP contribution in [0.1, 0.15) is 33.1 Å². The highest BCUT2D eigenvalue weighted by molar-refractivity contribution is 6.26. The van der Waals surface area contributed by atoms with Crippen molar-refractivity contribution in [2.75, 3.05) is 19.8 Å². The number of nitrogens with zero attached hydrogens (tertiary/aromatic N) is 2. The molecule has 0 bridgehead atoms. The van der Waals surface area contributed by atoms with E-state index in [1.165, 1.54) is 0 Å². The highest BCUT2D eigenvalue weighted by atomic mass is 16.7. The standard InChI is InChI=1S/C13H23N3O3/c1-13(2,19-12-5-3-4-6-17-12)9-18-11-8-15-10(14)7-16-11/h8,10,12H,3-7,9,14H2,1-2H3. The fourth-order valence-electron chi connectivity index (χ4n) is 1.96. The zero-order chi connectivity index (χ0) is 13.7. The molecule has 2 aliphatic heterocycles. The maximum Gasteiger partial charge on any atom is 0.227 e. The summed E-state index contributed by atoms with van der Waals surface area (Å²) >= 11 is 0. The van der Waals surface area contributed by atoms with E-state index in [9.17, 15) is 0 Å². The molecule has 2 unspecified atom stereocenters. The van der Waals surface area contributed by atoms with E-state index in [1.807, 2.05) is 13.8 Å². The van der Waals surface area contributed by atoms with E-state index < -0.39 is 5.60 Å². The lowest BCUT2D eigenvalue weighted by Crippen LogP contribution is -2.39. The number of ether oxygens (including phenoxy) is 3. The van der Waals surface area contributed by atoms with Crippen molar-refractivity contribution < 1.29 is 14.2 Å². The van der Waals surface area contributed by atoms with Gasteiger partial charge in [0.15, 0.2) is 6.29 Å². The molecule has 0 radical (unpaired) electrons. The molecule has 2 rings (SSSR count). The first kappa shape index (κ1) is 14.4. The Balaban J connectivity index is 1.75. The molecule has 0 aliphatic carbocycles. The lowest BCUT2D eigenvalue weighted by atomic mass is 10.1. The Labute approximate surface area is 114 Å². The van der Waals surface area contributed by atoms with Crippen molar-refractivity contribution in [1.29, 1.82) is 0 Å². The van der Waals surface area contributed by atoms with Gasteiger partial charge < -0.3 is 19.9 Å². The van der Waals surface area contributed by atoms with E-state index in [4.69, 9.17) is 19.9 Å². The van der Waals surface area contributed by atoms with Gasteiger partial charge in [0.2, 0.25) is 5.90 Å². The first-order chi connectivity index (χ1) is 9.05. The number of hydrogen-bond donors (Lipinski definition) is 1. The van der Waals surface area contributed by atoms with Crippen LogP contribution in [0.25, 0.3) is 0 Å². The molecule has 2 N–H and O–H groups in total. The third-order valence-corrected chi connectivity index (χ3v) is 2.97. The Morgan fingerprint density at radius 1 is 1.47 bits per heavy atom. The summed E-state index contributed by atoms with van der Waals surface area (Å²) in [6.45, 7) is 5.62. The number of nitrogens with two attached hydrogens (primary N) is 1. The van der Waals surface area contributed by atoms with Crippen LogP contribution >= 0.6 is 0 Å². The van der Waals surface area contributed by atoms with Gasteiger partial charge in [-0.15, -0.1) is 0 Å². The second-order valence-corrected chi connectivity index (χ2v) is 5.49. The highest BCUT2D eigenvalue weighted by Crippen LogP contribution is 2.21. The molecule has 6 nitrogen and oxygen atoms in total. The number of rotatable bonds is 4. The molecule has 2 heterocycles. The average molecular weight is 269 g/mol. The Kier molecular flexibility index (Phi) is 4.90. The maximum atomic E-state index is 5.92. The molecule has 1 saturated heterocycles. The first-order valence-corrected chi connectivity index (χ1v) is 6.81. The molecule has 2 aliphatic rings. The fourth-order valence-corrected chi connectivity index (χ4v) is 1.96. The zero-order valence-corrected chi connectivity index (χ0v) is 11.7. The summed E-state index contributed by atoms with van der Waals surface area (Å²) in [4.78, 5) is 8.25. The van der Waals surface area contributed by atoms with E-state index in [1.54, 1.807) is 6.21 Å². The summed E-state index contributed by atoms with van der Waals surface area (Å²) in [6, 6.07) is 0. The third kappa shape index (κ3) is 4.89. The van der Waals surface area contributed by atoms with E-state index in [-0.39, 0.29) is 12.5 Å². The van der Waals surface area contributed by atoms with Gasteiger partial charge >= 0.3 is 0 Å². The Morgan fingerprint density at radius 3 is 2.95 bits per heavy atom. The summed E-state index contributed by atoms with van der Waals surface area (Å²) in [5.41, 5.74) is 5.18. The van der Waals surface area contributed by atoms with Crippen LogP contribution in [-0.2, 0) is 14.2 Å². The maximum absolute atomic E-state index is 5.92. The van der Waals surface area contributed by atoms with Gasteiger partial charge in [0.1, 0.15) is 12.8 Å². The molecule has 0 aromatic rings. The van der Waals surface area contributed by atoms with Crippen LogP contribution in [-0.4, -0.2) is 49.9 Å². The van der Waals surface area contributed by atoms with Crippen LogP contribution < -0.4 is 5.73 Å². The van der Waals surface area contributed by atoms with Crippen LogP contribution in [0.4, 0.5) is 0 Å². The minimum atomic E-state index is -0.419. The minimum Gasteiger partial charge on any atom is -0.474 e. The molecule has 6 heteroatoms. The van der Waals surface area contributed by atoms with Crippen LogP contribution in [0.2, 0.25) is 0 Å². The van der Waals surface area contributed by atoms with Gasteiger partial charge in [0.05, 0.1) is 18.4 Å². The average Bonchev–Trinajstić information content (AvgIpc) is 2.39. The quantitative estimate of drug-likeness (QED) is 0.828. The summed E-state index contributed by atoms with van der Waals surface area (Å²) in [5, 5.41) is 0. The van der Waals surface area contributed by atoms with Crippen LogP contribution in [0.5, 0.6) is 0 Å². The summed E-state index contributed by atoms with van der Waals surface area (Å²) in [5.74, 6) is 0.517. The highest BCUT2D eigenvalue weighted by Gasteiger charge is 2.27. The van der Waals surface area contributed by atoms with Gasteiger partial charge in [-0.05, 0) is 33.1 Å². The Hall–Kier alpha value is -0.980. The predicted octanol–water partition coefficient (Wildman–Crippen LogP) is 1.09. The van der Waals surface area contributed by atoms with Gasteiger partial charge in [-0.2, -0.15) is 0 Å². The number of aliphatic imine (C=N–C) groups is 2. The van der Waals surface area contributed by atoms with Crippen molar-refractivity contribution >= 4 is 12.1 Å². The summed E-state index contributed by atoms with van der Waals surface area (Å²) < 4.78 is 17.1. The van der Waals surface area contributed by atoms with Gasteiger partial charge in [0.25, 0.3) is 0 Å². The lowest BCUT2D eigenvalue weighted by Gasteiger charge is -2.32. The second kappa shape index (κ2) is 6.45. The summed E-state index contributed by atoms with van der Waals surface area (Å²) in [7, 11) is 0.